The summed E-state index contributed by atoms with van der Waals surface area (Å²) in [5, 5.41) is 8.93. The number of anilines is 2. The monoisotopic (exact) mass is 386 g/mol. The largest absolute Gasteiger partial charge is 0.359 e. The molecule has 6 nitrogen and oxygen atoms in total. The number of aryl methyl sites for hydroxylation is 2. The number of carbonyl (C=O) groups is 2. The van der Waals surface area contributed by atoms with Gasteiger partial charge in [0, 0.05) is 25.3 Å². The van der Waals surface area contributed by atoms with E-state index in [1.54, 1.807) is 12.1 Å². The summed E-state index contributed by atoms with van der Waals surface area (Å²) in [6.45, 7) is 6.10. The van der Waals surface area contributed by atoms with Crippen LogP contribution in [0.2, 0.25) is 5.02 Å². The van der Waals surface area contributed by atoms with E-state index in [-0.39, 0.29) is 18.5 Å². The molecule has 1 saturated heterocycles. The van der Waals surface area contributed by atoms with Gasteiger partial charge in [-0.25, -0.2) is 4.79 Å². The summed E-state index contributed by atoms with van der Waals surface area (Å²) in [4.78, 5) is 25.6. The second-order valence-electron chi connectivity index (χ2n) is 6.68. The second kappa shape index (κ2) is 8.31. The van der Waals surface area contributed by atoms with Gasteiger partial charge in [0.25, 0.3) is 0 Å². The molecule has 0 spiro atoms. The van der Waals surface area contributed by atoms with Crippen molar-refractivity contribution in [1.82, 2.24) is 10.6 Å². The van der Waals surface area contributed by atoms with Gasteiger partial charge in [0.05, 0.1) is 17.3 Å². The van der Waals surface area contributed by atoms with Crippen molar-refractivity contribution < 1.29 is 9.59 Å². The van der Waals surface area contributed by atoms with Crippen LogP contribution in [-0.4, -0.2) is 31.6 Å². The van der Waals surface area contributed by atoms with Crippen molar-refractivity contribution in [3.05, 3.63) is 58.1 Å². The second-order valence-corrected chi connectivity index (χ2v) is 7.08. The molecule has 2 aromatic carbocycles. The lowest BCUT2D eigenvalue weighted by Crippen LogP contribution is -2.47. The summed E-state index contributed by atoms with van der Waals surface area (Å²) >= 11 is 6.36. The molecule has 7 heteroatoms. The van der Waals surface area contributed by atoms with Crippen molar-refractivity contribution in [2.45, 2.75) is 20.4 Å². The third-order valence-corrected chi connectivity index (χ3v) is 4.82. The zero-order valence-electron chi connectivity index (χ0n) is 15.4. The van der Waals surface area contributed by atoms with Gasteiger partial charge in [0.15, 0.2) is 0 Å². The van der Waals surface area contributed by atoms with Crippen LogP contribution in [-0.2, 0) is 11.3 Å². The van der Waals surface area contributed by atoms with E-state index >= 15 is 0 Å². The van der Waals surface area contributed by atoms with Crippen molar-refractivity contribution in [3.63, 3.8) is 0 Å². The van der Waals surface area contributed by atoms with Gasteiger partial charge in [-0.2, -0.15) is 0 Å². The predicted molar refractivity (Wildman–Crippen MR) is 108 cm³/mol. The minimum absolute atomic E-state index is 0.0229. The van der Waals surface area contributed by atoms with Crippen molar-refractivity contribution in [1.29, 1.82) is 0 Å². The zero-order chi connectivity index (χ0) is 19.4. The van der Waals surface area contributed by atoms with E-state index in [0.717, 1.165) is 16.8 Å². The van der Waals surface area contributed by atoms with Crippen LogP contribution >= 0.6 is 11.6 Å². The maximum absolute atomic E-state index is 12.2. The highest BCUT2D eigenvalue weighted by Gasteiger charge is 2.18. The van der Waals surface area contributed by atoms with E-state index in [2.05, 4.69) is 22.0 Å². The Labute approximate surface area is 163 Å². The number of amides is 3. The van der Waals surface area contributed by atoms with Gasteiger partial charge >= 0.3 is 6.03 Å². The molecule has 0 atom stereocenters. The smallest absolute Gasteiger partial charge is 0.319 e. The van der Waals surface area contributed by atoms with Crippen molar-refractivity contribution in [3.8, 4) is 0 Å². The fraction of sp³-hybridized carbons (Fsp3) is 0.300. The van der Waals surface area contributed by atoms with Crippen molar-refractivity contribution >= 4 is 34.9 Å². The Bertz CT molecular complexity index is 869. The standard InChI is InChI=1S/C20H23ClN4O2/c1-13-3-4-15(14(2)9-13)11-23-20(27)24-16-5-6-18(17(21)10-16)25-8-7-22-19(26)12-25/h3-6,9-10H,7-8,11-12H2,1-2H3,(H,22,26)(H2,23,24,27). The number of piperazine rings is 1. The van der Waals surface area contributed by atoms with Gasteiger partial charge in [-0.1, -0.05) is 35.4 Å². The van der Waals surface area contributed by atoms with Crippen molar-refractivity contribution in [2.24, 2.45) is 0 Å². The van der Waals surface area contributed by atoms with Crippen LogP contribution in [0.25, 0.3) is 0 Å². The summed E-state index contributed by atoms with van der Waals surface area (Å²) < 4.78 is 0. The lowest BCUT2D eigenvalue weighted by atomic mass is 10.1. The summed E-state index contributed by atoms with van der Waals surface area (Å²) in [7, 11) is 0. The van der Waals surface area contributed by atoms with Gasteiger partial charge in [-0.3, -0.25) is 4.79 Å². The molecule has 3 rings (SSSR count). The maximum Gasteiger partial charge on any atom is 0.319 e. The number of nitrogens with zero attached hydrogens (tertiary/aromatic N) is 1. The number of rotatable bonds is 4. The maximum atomic E-state index is 12.2. The lowest BCUT2D eigenvalue weighted by Gasteiger charge is -2.29. The normalized spacial score (nSPS) is 13.9. The highest BCUT2D eigenvalue weighted by Crippen LogP contribution is 2.29. The average molecular weight is 387 g/mol. The van der Waals surface area contributed by atoms with Crippen LogP contribution < -0.4 is 20.9 Å². The number of benzene rings is 2. The third kappa shape index (κ3) is 4.92. The van der Waals surface area contributed by atoms with E-state index in [4.69, 9.17) is 11.6 Å². The molecule has 1 aliphatic rings. The minimum Gasteiger partial charge on any atom is -0.359 e. The lowest BCUT2D eigenvalue weighted by molar-refractivity contribution is -0.120. The van der Waals surface area contributed by atoms with Gasteiger partial charge in [0.2, 0.25) is 5.91 Å². The van der Waals surface area contributed by atoms with E-state index < -0.39 is 0 Å². The molecule has 0 radical (unpaired) electrons. The van der Waals surface area contributed by atoms with Crippen LogP contribution in [0.1, 0.15) is 16.7 Å². The Morgan fingerprint density at radius 2 is 2.04 bits per heavy atom. The van der Waals surface area contributed by atoms with Crippen LogP contribution in [0, 0.1) is 13.8 Å². The quantitative estimate of drug-likeness (QED) is 0.755. The Morgan fingerprint density at radius 3 is 2.74 bits per heavy atom. The van der Waals surface area contributed by atoms with Crippen LogP contribution in [0.4, 0.5) is 16.2 Å². The van der Waals surface area contributed by atoms with Gasteiger partial charge < -0.3 is 20.9 Å². The fourth-order valence-corrected chi connectivity index (χ4v) is 3.38. The molecule has 142 valence electrons. The van der Waals surface area contributed by atoms with Crippen LogP contribution in [0.15, 0.2) is 36.4 Å². The molecule has 3 amide bonds. The molecule has 0 aromatic heterocycles. The highest BCUT2D eigenvalue weighted by atomic mass is 35.5. The molecule has 0 aliphatic carbocycles. The molecule has 27 heavy (non-hydrogen) atoms. The number of hydrogen-bond acceptors (Lipinski definition) is 3. The van der Waals surface area contributed by atoms with E-state index in [1.807, 2.05) is 36.9 Å². The molecule has 0 saturated carbocycles. The Hall–Kier alpha value is -2.73. The minimum atomic E-state index is -0.295. The molecule has 3 N–H and O–H groups in total. The first-order valence-corrected chi connectivity index (χ1v) is 9.22. The molecule has 2 aromatic rings. The number of hydrogen-bond donors (Lipinski definition) is 3. The first-order valence-electron chi connectivity index (χ1n) is 8.84. The molecule has 1 fully saturated rings. The van der Waals surface area contributed by atoms with Gasteiger partial charge in [-0.15, -0.1) is 0 Å². The van der Waals surface area contributed by atoms with E-state index in [0.29, 0.717) is 30.3 Å². The Morgan fingerprint density at radius 1 is 1.22 bits per heavy atom. The van der Waals surface area contributed by atoms with Crippen molar-refractivity contribution in [2.75, 3.05) is 29.9 Å². The Kier molecular flexibility index (Phi) is 5.86. The van der Waals surface area contributed by atoms with Gasteiger partial charge in [-0.05, 0) is 43.2 Å². The number of halogens is 1. The number of nitrogens with one attached hydrogen (secondary N) is 3. The molecule has 0 bridgehead atoms. The molecular formula is C20H23ClN4O2. The number of urea groups is 1. The van der Waals surface area contributed by atoms with Gasteiger partial charge in [0.1, 0.15) is 0 Å². The van der Waals surface area contributed by atoms with E-state index in [1.165, 1.54) is 5.56 Å². The predicted octanol–water partition coefficient (Wildman–Crippen LogP) is 3.21. The number of carbonyl (C=O) groups excluding carboxylic acids is 2. The topological polar surface area (TPSA) is 73.5 Å². The Balaban J connectivity index is 1.59. The average Bonchev–Trinajstić information content (AvgIpc) is 2.61. The molecule has 1 heterocycles. The van der Waals surface area contributed by atoms with E-state index in [9.17, 15) is 9.59 Å². The van der Waals surface area contributed by atoms with Crippen LogP contribution in [0.5, 0.6) is 0 Å². The molecule has 1 aliphatic heterocycles. The first kappa shape index (κ1) is 19.0. The summed E-state index contributed by atoms with van der Waals surface area (Å²) in [6.07, 6.45) is 0. The van der Waals surface area contributed by atoms with Crippen LogP contribution in [0.3, 0.4) is 0 Å². The SMILES string of the molecule is Cc1ccc(CNC(=O)Nc2ccc(N3CCNC(=O)C3)c(Cl)c2)c(C)c1. The molecular weight excluding hydrogens is 364 g/mol. The zero-order valence-corrected chi connectivity index (χ0v) is 16.2. The summed E-state index contributed by atoms with van der Waals surface area (Å²) in [5.74, 6) is -0.0229. The third-order valence-electron chi connectivity index (χ3n) is 4.52. The summed E-state index contributed by atoms with van der Waals surface area (Å²) in [6, 6.07) is 11.1. The highest BCUT2D eigenvalue weighted by molar-refractivity contribution is 6.33. The fourth-order valence-electron chi connectivity index (χ4n) is 3.08. The summed E-state index contributed by atoms with van der Waals surface area (Å²) in [5.41, 5.74) is 4.80. The first-order chi connectivity index (χ1) is 12.9. The molecule has 0 unspecified atom stereocenters.